The molecule has 0 amide bonds. The van der Waals surface area contributed by atoms with Crippen molar-refractivity contribution >= 4 is 20.3 Å². The van der Waals surface area contributed by atoms with E-state index in [0.717, 1.165) is 25.7 Å². The topological polar surface area (TPSA) is 61.8 Å². The first-order valence-electron chi connectivity index (χ1n) is 15.7. The van der Waals surface area contributed by atoms with Crippen molar-refractivity contribution in [3.05, 3.63) is 12.2 Å². The van der Waals surface area contributed by atoms with Gasteiger partial charge in [0.2, 0.25) is 8.32 Å². The normalized spacial score (nSPS) is 13.1. The number of rotatable bonds is 24. The lowest BCUT2D eigenvalue weighted by Crippen LogP contribution is -2.52. The number of hydrogen-bond donors (Lipinski definition) is 0. The second-order valence-corrected chi connectivity index (χ2v) is 17.3. The predicted molar refractivity (Wildman–Crippen MR) is 163 cm³/mol. The van der Waals surface area contributed by atoms with Crippen LogP contribution < -0.4 is 0 Å². The third kappa shape index (κ3) is 16.7. The Morgan fingerprint density at radius 3 is 1.58 bits per heavy atom. The quantitative estimate of drug-likeness (QED) is 0.0514. The molecule has 1 atom stereocenters. The Morgan fingerprint density at radius 1 is 0.658 bits per heavy atom. The zero-order valence-electron chi connectivity index (χ0n) is 26.3. The number of ether oxygens (including phenoxy) is 2. The molecule has 0 rings (SSSR count). The van der Waals surface area contributed by atoms with Gasteiger partial charge >= 0.3 is 11.9 Å². The zero-order chi connectivity index (χ0) is 28.8. The first-order valence-corrected chi connectivity index (χ1v) is 17.8. The molecule has 0 bridgehead atoms. The van der Waals surface area contributed by atoms with Gasteiger partial charge in [-0.15, -0.1) is 0 Å². The van der Waals surface area contributed by atoms with E-state index in [0.29, 0.717) is 23.0 Å². The Bertz CT molecular complexity index is 608. The minimum absolute atomic E-state index is 0.122. The summed E-state index contributed by atoms with van der Waals surface area (Å²) in [5.41, 5.74) is 1.19. The van der Waals surface area contributed by atoms with E-state index in [9.17, 15) is 9.59 Å². The summed E-state index contributed by atoms with van der Waals surface area (Å²) in [6.07, 6.45) is 20.7. The van der Waals surface area contributed by atoms with E-state index < -0.39 is 14.4 Å². The molecule has 0 heterocycles. The van der Waals surface area contributed by atoms with Gasteiger partial charge in [-0.3, -0.25) is 9.59 Å². The van der Waals surface area contributed by atoms with Gasteiger partial charge in [0.15, 0.2) is 0 Å². The Morgan fingerprint density at radius 2 is 1.11 bits per heavy atom. The Hall–Kier alpha value is -1.14. The smallest absolute Gasteiger partial charge is 0.305 e. The minimum atomic E-state index is -2.19. The zero-order valence-corrected chi connectivity index (χ0v) is 27.3. The van der Waals surface area contributed by atoms with Gasteiger partial charge in [0.1, 0.15) is 19.3 Å². The summed E-state index contributed by atoms with van der Waals surface area (Å²) in [6, 6.07) is 0. The molecule has 0 spiro atoms. The van der Waals surface area contributed by atoms with Crippen LogP contribution in [-0.4, -0.2) is 39.6 Å². The van der Waals surface area contributed by atoms with Crippen LogP contribution in [0.4, 0.5) is 0 Å². The molecule has 0 N–H and O–H groups in total. The van der Waals surface area contributed by atoms with Crippen LogP contribution in [0.2, 0.25) is 16.6 Å². The lowest BCUT2D eigenvalue weighted by atomic mass is 10.1. The number of esters is 2. The molecule has 0 aromatic rings. The monoisotopic (exact) mass is 554 g/mol. The summed E-state index contributed by atoms with van der Waals surface area (Å²) >= 11 is 0. The van der Waals surface area contributed by atoms with Crippen LogP contribution in [0.25, 0.3) is 0 Å². The molecule has 0 saturated heterocycles. The Kier molecular flexibility index (Phi) is 22.0. The number of carbonyl (C=O) groups excluding carboxylic acids is 2. The Labute approximate surface area is 237 Å². The maximum atomic E-state index is 12.4. The van der Waals surface area contributed by atoms with Gasteiger partial charge in [0.25, 0.3) is 0 Å². The van der Waals surface area contributed by atoms with Gasteiger partial charge in [-0.25, -0.2) is 0 Å². The molecule has 6 heteroatoms. The maximum absolute atomic E-state index is 12.4. The van der Waals surface area contributed by atoms with Crippen LogP contribution in [0.5, 0.6) is 0 Å². The van der Waals surface area contributed by atoms with Crippen molar-refractivity contribution in [3.8, 4) is 0 Å². The van der Waals surface area contributed by atoms with Crippen molar-refractivity contribution in [2.24, 2.45) is 0 Å². The fourth-order valence-electron chi connectivity index (χ4n) is 5.62. The molecule has 0 aromatic carbocycles. The fraction of sp³-hybridized carbons (Fsp3) is 0.875. The van der Waals surface area contributed by atoms with Crippen molar-refractivity contribution in [2.45, 2.75) is 168 Å². The predicted octanol–water partition coefficient (Wildman–Crippen LogP) is 9.69. The molecule has 0 aliphatic heterocycles. The highest BCUT2D eigenvalue weighted by atomic mass is 28.4. The fourth-order valence-corrected chi connectivity index (χ4v) is 11.2. The molecule has 0 saturated carbocycles. The molecule has 0 aliphatic carbocycles. The summed E-state index contributed by atoms with van der Waals surface area (Å²) in [6.45, 7) is 17.2. The SMILES string of the molecule is CCCCCCCC/C=C\CCCCCCCC(=O)OC[C@H](COC(C)=O)O[Si](C(C)C)(C(C)C)C(C)C. The van der Waals surface area contributed by atoms with Crippen LogP contribution in [0.15, 0.2) is 12.2 Å². The molecule has 0 aromatic heterocycles. The molecular formula is C32H62O5Si. The van der Waals surface area contributed by atoms with Gasteiger partial charge in [-0.05, 0) is 48.7 Å². The molecule has 5 nitrogen and oxygen atoms in total. The third-order valence-electron chi connectivity index (χ3n) is 7.62. The van der Waals surface area contributed by atoms with E-state index in [-0.39, 0.29) is 25.2 Å². The number of hydrogen-bond acceptors (Lipinski definition) is 5. The summed E-state index contributed by atoms with van der Waals surface area (Å²) in [4.78, 5) is 23.8. The molecule has 0 fully saturated rings. The van der Waals surface area contributed by atoms with E-state index in [2.05, 4.69) is 60.6 Å². The highest BCUT2D eigenvalue weighted by Crippen LogP contribution is 2.43. The van der Waals surface area contributed by atoms with Gasteiger partial charge in [0.05, 0.1) is 0 Å². The van der Waals surface area contributed by atoms with Crippen molar-refractivity contribution in [1.29, 1.82) is 0 Å². The lowest BCUT2D eigenvalue weighted by Gasteiger charge is -2.44. The highest BCUT2D eigenvalue weighted by Gasteiger charge is 2.47. The van der Waals surface area contributed by atoms with Crippen molar-refractivity contribution < 1.29 is 23.5 Å². The van der Waals surface area contributed by atoms with Crippen LogP contribution in [0, 0.1) is 0 Å². The molecule has 0 unspecified atom stereocenters. The summed E-state index contributed by atoms with van der Waals surface area (Å²) < 4.78 is 17.6. The highest BCUT2D eigenvalue weighted by molar-refractivity contribution is 6.77. The van der Waals surface area contributed by atoms with Crippen molar-refractivity contribution in [3.63, 3.8) is 0 Å². The van der Waals surface area contributed by atoms with Gasteiger partial charge in [0, 0.05) is 13.3 Å². The van der Waals surface area contributed by atoms with Gasteiger partial charge < -0.3 is 13.9 Å². The van der Waals surface area contributed by atoms with E-state index in [1.807, 2.05) is 0 Å². The first-order chi connectivity index (χ1) is 18.1. The average Bonchev–Trinajstić information content (AvgIpc) is 2.85. The van der Waals surface area contributed by atoms with E-state index in [1.165, 1.54) is 64.7 Å². The number of carbonyl (C=O) groups is 2. The van der Waals surface area contributed by atoms with Crippen LogP contribution in [-0.2, 0) is 23.5 Å². The second-order valence-electron chi connectivity index (χ2n) is 11.9. The average molecular weight is 555 g/mol. The summed E-state index contributed by atoms with van der Waals surface area (Å²) in [5, 5.41) is 0. The number of allylic oxidation sites excluding steroid dienone is 2. The van der Waals surface area contributed by atoms with Crippen LogP contribution >= 0.6 is 0 Å². The molecule has 0 aliphatic rings. The molecule has 38 heavy (non-hydrogen) atoms. The van der Waals surface area contributed by atoms with E-state index in [4.69, 9.17) is 13.9 Å². The number of unbranched alkanes of at least 4 members (excludes halogenated alkanes) is 11. The maximum Gasteiger partial charge on any atom is 0.305 e. The van der Waals surface area contributed by atoms with Gasteiger partial charge in [-0.2, -0.15) is 0 Å². The van der Waals surface area contributed by atoms with Crippen molar-refractivity contribution in [2.75, 3.05) is 13.2 Å². The van der Waals surface area contributed by atoms with Crippen molar-refractivity contribution in [1.82, 2.24) is 0 Å². The minimum Gasteiger partial charge on any atom is -0.463 e. The standard InChI is InChI=1S/C32H62O5Si/c1-9-10-11-12-13-14-15-16-17-18-19-20-21-22-23-24-32(34)36-26-31(25-35-30(8)33)37-38(27(2)3,28(4)5)29(6)7/h16-17,27-29,31H,9-15,18-26H2,1-8H3/b17-16-/t31-/m0/s1. The van der Waals surface area contributed by atoms with Crippen LogP contribution in [0.1, 0.15) is 145 Å². The molecular weight excluding hydrogens is 492 g/mol. The lowest BCUT2D eigenvalue weighted by molar-refractivity contribution is -0.150. The third-order valence-corrected chi connectivity index (χ3v) is 13.8. The van der Waals surface area contributed by atoms with Gasteiger partial charge in [-0.1, -0.05) is 112 Å². The van der Waals surface area contributed by atoms with Crippen LogP contribution in [0.3, 0.4) is 0 Å². The second kappa shape index (κ2) is 22.7. The summed E-state index contributed by atoms with van der Waals surface area (Å²) in [7, 11) is -2.19. The van der Waals surface area contributed by atoms with E-state index in [1.54, 1.807) is 0 Å². The summed E-state index contributed by atoms with van der Waals surface area (Å²) in [5.74, 6) is -0.533. The largest absolute Gasteiger partial charge is 0.463 e. The molecule has 224 valence electrons. The van der Waals surface area contributed by atoms with E-state index >= 15 is 0 Å². The molecule has 0 radical (unpaired) electrons. The first kappa shape index (κ1) is 36.9. The Balaban J connectivity index is 4.25.